The normalized spacial score (nSPS) is 12.4. The van der Waals surface area contributed by atoms with Gasteiger partial charge in [-0.2, -0.15) is 0 Å². The molecule has 0 heterocycles. The Kier molecular flexibility index (Phi) is 3.72. The summed E-state index contributed by atoms with van der Waals surface area (Å²) in [5, 5.41) is 0. The van der Waals surface area contributed by atoms with Crippen molar-refractivity contribution in [2.24, 2.45) is 0 Å². The molecule has 2 aromatic carbocycles. The molecule has 74 valence electrons. The van der Waals surface area contributed by atoms with Crippen molar-refractivity contribution in [1.29, 1.82) is 0 Å². The maximum atomic E-state index is 12.1. The zero-order valence-electron chi connectivity index (χ0n) is 9.86. The van der Waals surface area contributed by atoms with E-state index in [1.165, 1.54) is 0 Å². The molecule has 0 saturated carbocycles. The smallest absolute Gasteiger partial charge is 1.00 e. The predicted molar refractivity (Wildman–Crippen MR) is 64.8 cm³/mol. The van der Waals surface area contributed by atoms with Gasteiger partial charge in [-0.25, -0.2) is 0 Å². The summed E-state index contributed by atoms with van der Waals surface area (Å²) in [6.07, 6.45) is 0.842. The van der Waals surface area contributed by atoms with Crippen molar-refractivity contribution in [1.82, 2.24) is 0 Å². The van der Waals surface area contributed by atoms with Crippen molar-refractivity contribution < 1.29 is 6.22 Å². The fourth-order valence-corrected chi connectivity index (χ4v) is 2.07. The van der Waals surface area contributed by atoms with E-state index in [9.17, 15) is 4.79 Å². The topological polar surface area (TPSA) is 17.1 Å². The number of rotatable bonds is 0. The van der Waals surface area contributed by atoms with E-state index in [4.69, 9.17) is 0 Å². The van der Waals surface area contributed by atoms with Gasteiger partial charge in [-0.1, -0.05) is 35.4 Å². The number of fused-ring (bicyclic) bond motifs is 2. The molecule has 16 heavy (non-hydrogen) atoms. The molecule has 0 aromatic heterocycles. The third-order valence-corrected chi connectivity index (χ3v) is 2.81. The van der Waals surface area contributed by atoms with Crippen LogP contribution in [0.1, 0.15) is 28.5 Å². The molecule has 0 amide bonds. The fraction of sp³-hybridized carbons (Fsp3) is 0.0714. The van der Waals surface area contributed by atoms with Gasteiger partial charge in [0.15, 0.2) is 0 Å². The van der Waals surface area contributed by atoms with Crippen molar-refractivity contribution in [3.05, 3.63) is 70.8 Å². The molecule has 1 nitrogen and oxygen atoms in total. The molecule has 1 aliphatic carbocycles. The van der Waals surface area contributed by atoms with Gasteiger partial charge in [-0.15, -0.1) is 29.8 Å². The van der Waals surface area contributed by atoms with Crippen LogP contribution in [0.25, 0.3) is 0 Å². The molecular formula is C14H10BaO. The zero-order chi connectivity index (χ0) is 10.3. The number of carbonyl (C=O) groups excluding carboxylic acids is 1. The van der Waals surface area contributed by atoms with Gasteiger partial charge in [0.1, 0.15) is 5.78 Å². The number of benzene rings is 2. The van der Waals surface area contributed by atoms with Gasteiger partial charge in [0, 0.05) is 0 Å². The number of hydrogen-bond acceptors (Lipinski definition) is 1. The number of hydrogen-bond donors (Lipinski definition) is 0. The molecule has 0 N–H and O–H groups in total. The Balaban J connectivity index is 0.000000722. The molecule has 0 fully saturated rings. The van der Waals surface area contributed by atoms with Crippen molar-refractivity contribution in [3.8, 4) is 0 Å². The average molecular weight is 332 g/mol. The van der Waals surface area contributed by atoms with Crippen LogP contribution in [0.5, 0.6) is 0 Å². The van der Waals surface area contributed by atoms with Crippen LogP contribution in [-0.2, 0) is 6.42 Å². The Morgan fingerprint density at radius 3 is 2.69 bits per heavy atom. The van der Waals surface area contributed by atoms with Crippen LogP contribution in [-0.4, -0.2) is 54.7 Å². The van der Waals surface area contributed by atoms with Crippen LogP contribution in [0.15, 0.2) is 42.5 Å². The minimum Gasteiger partial charge on any atom is -1.00 e. The molecule has 0 atom stereocenters. The first-order valence-corrected chi connectivity index (χ1v) is 4.98. The third kappa shape index (κ3) is 1.94. The minimum atomic E-state index is 0. The van der Waals surface area contributed by atoms with E-state index >= 15 is 0 Å². The molecule has 0 unspecified atom stereocenters. The molecule has 0 bridgehead atoms. The molecule has 0 radical (unpaired) electrons. The molecule has 0 aliphatic heterocycles. The first-order chi connectivity index (χ1) is 7.36. The fourth-order valence-electron chi connectivity index (χ4n) is 2.07. The van der Waals surface area contributed by atoms with E-state index in [2.05, 4.69) is 6.07 Å². The van der Waals surface area contributed by atoms with Gasteiger partial charge in [0.25, 0.3) is 0 Å². The summed E-state index contributed by atoms with van der Waals surface area (Å²) < 4.78 is 0. The first-order valence-electron chi connectivity index (χ1n) is 4.98. The molecule has 2 aromatic rings. The Hall–Kier alpha value is -0.319. The van der Waals surface area contributed by atoms with E-state index in [1.54, 1.807) is 6.07 Å². The monoisotopic (exact) mass is 332 g/mol. The molecule has 1 aliphatic rings. The maximum Gasteiger partial charge on any atom is 2.00 e. The van der Waals surface area contributed by atoms with Gasteiger partial charge >= 0.3 is 48.9 Å². The summed E-state index contributed by atoms with van der Waals surface area (Å²) in [5.41, 5.74) is 3.76. The second-order valence-electron chi connectivity index (χ2n) is 3.73. The third-order valence-electron chi connectivity index (χ3n) is 2.81. The van der Waals surface area contributed by atoms with E-state index in [1.807, 2.05) is 36.4 Å². The van der Waals surface area contributed by atoms with Crippen molar-refractivity contribution in [2.75, 3.05) is 0 Å². The van der Waals surface area contributed by atoms with Crippen LogP contribution in [0.4, 0.5) is 0 Å². The number of carbonyl (C=O) groups is 1. The van der Waals surface area contributed by atoms with Crippen LogP contribution in [0.3, 0.4) is 0 Å². The second kappa shape index (κ2) is 4.90. The summed E-state index contributed by atoms with van der Waals surface area (Å²) in [4.78, 5) is 12.1. The number of ketones is 1. The van der Waals surface area contributed by atoms with Crippen LogP contribution >= 0.6 is 0 Å². The van der Waals surface area contributed by atoms with E-state index in [0.29, 0.717) is 0 Å². The van der Waals surface area contributed by atoms with Gasteiger partial charge in [-0.05, 0) is 12.0 Å². The summed E-state index contributed by atoms with van der Waals surface area (Å²) in [6.45, 7) is 0. The summed E-state index contributed by atoms with van der Waals surface area (Å²) >= 11 is 0. The van der Waals surface area contributed by atoms with Gasteiger partial charge in [0.05, 0.1) is 0 Å². The SMILES string of the molecule is O=C1c2[c-]cccc2Cc2ccccc21.[Ba+2].[H-]. The van der Waals surface area contributed by atoms with Gasteiger partial charge in [0.2, 0.25) is 0 Å². The summed E-state index contributed by atoms with van der Waals surface area (Å²) in [5.74, 6) is 0.104. The first kappa shape index (κ1) is 12.1. The molecule has 0 saturated heterocycles. The maximum absolute atomic E-state index is 12.1. The Morgan fingerprint density at radius 1 is 1.06 bits per heavy atom. The minimum absolute atomic E-state index is 0. The Labute approximate surface area is 136 Å². The standard InChI is InChI=1S/C14H9O.Ba.H/c15-14-12-7-3-1-5-10(12)9-11-6-2-4-8-13(11)14;;/h1-7H,9H2;;/q-1;+2;-1. The van der Waals surface area contributed by atoms with Gasteiger partial charge < -0.3 is 6.22 Å². The summed E-state index contributed by atoms with van der Waals surface area (Å²) in [6, 6.07) is 16.5. The van der Waals surface area contributed by atoms with Crippen LogP contribution in [0, 0.1) is 6.07 Å². The van der Waals surface area contributed by atoms with Gasteiger partial charge in [-0.3, -0.25) is 0 Å². The van der Waals surface area contributed by atoms with Crippen LogP contribution in [0.2, 0.25) is 0 Å². The molecule has 2 heteroatoms. The second-order valence-corrected chi connectivity index (χ2v) is 3.73. The molecule has 3 rings (SSSR count). The zero-order valence-corrected chi connectivity index (χ0v) is 13.3. The van der Waals surface area contributed by atoms with Crippen molar-refractivity contribution in [2.45, 2.75) is 6.42 Å². The Bertz CT molecular complexity index is 504. The van der Waals surface area contributed by atoms with Crippen LogP contribution < -0.4 is 0 Å². The van der Waals surface area contributed by atoms with E-state index in [-0.39, 0.29) is 56.1 Å². The van der Waals surface area contributed by atoms with Crippen molar-refractivity contribution >= 4 is 54.7 Å². The predicted octanol–water partition coefficient (Wildman–Crippen LogP) is 2.35. The Morgan fingerprint density at radius 2 is 1.81 bits per heavy atom. The van der Waals surface area contributed by atoms with E-state index < -0.39 is 0 Å². The quantitative estimate of drug-likeness (QED) is 0.456. The largest absolute Gasteiger partial charge is 2.00 e. The molecule has 0 spiro atoms. The molecular weight excluding hydrogens is 321 g/mol. The summed E-state index contributed by atoms with van der Waals surface area (Å²) in [7, 11) is 0. The average Bonchev–Trinajstić information content (AvgIpc) is 2.30. The van der Waals surface area contributed by atoms with E-state index in [0.717, 1.165) is 28.7 Å². The van der Waals surface area contributed by atoms with Crippen molar-refractivity contribution in [3.63, 3.8) is 0 Å².